The van der Waals surface area contributed by atoms with E-state index in [0.29, 0.717) is 15.6 Å². The van der Waals surface area contributed by atoms with E-state index in [9.17, 15) is 4.79 Å². The molecule has 0 fully saturated rings. The van der Waals surface area contributed by atoms with Crippen molar-refractivity contribution in [3.63, 3.8) is 0 Å². The van der Waals surface area contributed by atoms with E-state index in [0.717, 1.165) is 22.5 Å². The number of H-pyrrole nitrogens is 1. The van der Waals surface area contributed by atoms with E-state index in [1.807, 2.05) is 26.0 Å². The third kappa shape index (κ3) is 2.03. The molecule has 0 atom stereocenters. The molecule has 5 heteroatoms. The smallest absolute Gasteiger partial charge is 0.205 e. The van der Waals surface area contributed by atoms with Crippen LogP contribution in [-0.4, -0.2) is 9.61 Å². The Hall–Kier alpha value is -1.71. The molecule has 0 saturated carbocycles. The van der Waals surface area contributed by atoms with Crippen LogP contribution in [0, 0.1) is 13.8 Å². The minimum Gasteiger partial charge on any atom is -0.298 e. The van der Waals surface area contributed by atoms with Crippen molar-refractivity contribution in [3.8, 4) is 11.3 Å². The molecular formula is C15H12Cl2N2O. The van der Waals surface area contributed by atoms with Crippen molar-refractivity contribution < 1.29 is 0 Å². The van der Waals surface area contributed by atoms with Crippen LogP contribution in [0.1, 0.15) is 11.3 Å². The largest absolute Gasteiger partial charge is 0.298 e. The second-order valence-electron chi connectivity index (χ2n) is 4.82. The van der Waals surface area contributed by atoms with Gasteiger partial charge in [-0.25, -0.2) is 0 Å². The molecule has 2 heterocycles. The highest BCUT2D eigenvalue weighted by atomic mass is 35.5. The Morgan fingerprint density at radius 1 is 1.10 bits per heavy atom. The molecule has 102 valence electrons. The van der Waals surface area contributed by atoms with Crippen LogP contribution in [0.4, 0.5) is 0 Å². The molecule has 0 aliphatic rings. The number of nitrogens with one attached hydrogen (secondary N) is 1. The predicted octanol–water partition coefficient (Wildman–Crippen LogP) is 4.22. The molecule has 0 unspecified atom stereocenters. The highest BCUT2D eigenvalue weighted by Gasteiger charge is 2.14. The van der Waals surface area contributed by atoms with Crippen molar-refractivity contribution in [1.29, 1.82) is 0 Å². The van der Waals surface area contributed by atoms with Gasteiger partial charge < -0.3 is 0 Å². The Morgan fingerprint density at radius 2 is 1.85 bits per heavy atom. The van der Waals surface area contributed by atoms with Crippen LogP contribution in [-0.2, 0) is 0 Å². The van der Waals surface area contributed by atoms with Gasteiger partial charge in [0.15, 0.2) is 0 Å². The average molecular weight is 307 g/mol. The summed E-state index contributed by atoms with van der Waals surface area (Å²) in [5, 5.41) is 4.33. The maximum atomic E-state index is 12.0. The average Bonchev–Trinajstić information content (AvgIpc) is 2.67. The van der Waals surface area contributed by atoms with Crippen LogP contribution < -0.4 is 5.43 Å². The maximum Gasteiger partial charge on any atom is 0.205 e. The summed E-state index contributed by atoms with van der Waals surface area (Å²) in [4.78, 5) is 12.0. The lowest BCUT2D eigenvalue weighted by Gasteiger charge is -2.08. The lowest BCUT2D eigenvalue weighted by Crippen LogP contribution is -2.08. The lowest BCUT2D eigenvalue weighted by atomic mass is 10.1. The van der Waals surface area contributed by atoms with E-state index in [4.69, 9.17) is 23.2 Å². The first kappa shape index (κ1) is 13.3. The van der Waals surface area contributed by atoms with E-state index >= 15 is 0 Å². The van der Waals surface area contributed by atoms with Crippen molar-refractivity contribution >= 4 is 28.7 Å². The number of fused-ring (bicyclic) bond motifs is 1. The first-order chi connectivity index (χ1) is 9.47. The molecule has 0 radical (unpaired) electrons. The molecule has 1 N–H and O–H groups in total. The zero-order chi connectivity index (χ0) is 14.4. The van der Waals surface area contributed by atoms with Crippen LogP contribution >= 0.6 is 23.2 Å². The van der Waals surface area contributed by atoms with Gasteiger partial charge in [0.05, 0.1) is 10.7 Å². The molecule has 0 saturated heterocycles. The number of aromatic amines is 1. The maximum absolute atomic E-state index is 12.0. The Labute approximate surface area is 125 Å². The van der Waals surface area contributed by atoms with Crippen molar-refractivity contribution in [3.05, 3.63) is 61.9 Å². The third-order valence-electron chi connectivity index (χ3n) is 3.27. The summed E-state index contributed by atoms with van der Waals surface area (Å²) >= 11 is 12.2. The molecule has 0 spiro atoms. The third-order valence-corrected chi connectivity index (χ3v) is 3.81. The molecule has 1 aromatic carbocycles. The minimum atomic E-state index is -0.0133. The van der Waals surface area contributed by atoms with Gasteiger partial charge in [0.1, 0.15) is 5.52 Å². The summed E-state index contributed by atoms with van der Waals surface area (Å²) in [7, 11) is 0. The monoisotopic (exact) mass is 306 g/mol. The first-order valence-corrected chi connectivity index (χ1v) is 6.90. The van der Waals surface area contributed by atoms with Gasteiger partial charge in [-0.1, -0.05) is 23.2 Å². The molecule has 0 amide bonds. The molecule has 0 aliphatic heterocycles. The Kier molecular flexibility index (Phi) is 3.11. The SMILES string of the molecule is Cc1cc(=O)c2cc(C)c(-c3ccc(Cl)cc3Cl)n2[nH]1. The van der Waals surface area contributed by atoms with Gasteiger partial charge in [-0.3, -0.25) is 14.4 Å². The second kappa shape index (κ2) is 4.69. The van der Waals surface area contributed by atoms with Crippen molar-refractivity contribution in [2.45, 2.75) is 13.8 Å². The van der Waals surface area contributed by atoms with Crippen LogP contribution in [0.2, 0.25) is 10.0 Å². The molecule has 20 heavy (non-hydrogen) atoms. The normalized spacial score (nSPS) is 11.2. The zero-order valence-corrected chi connectivity index (χ0v) is 12.5. The van der Waals surface area contributed by atoms with E-state index in [2.05, 4.69) is 5.10 Å². The van der Waals surface area contributed by atoms with Gasteiger partial charge >= 0.3 is 0 Å². The standard InChI is InChI=1S/C15H12Cl2N2O/c1-8-5-13-14(20)6-9(2)18-19(13)15(8)11-4-3-10(16)7-12(11)17/h3-7,18H,1-2H3. The van der Waals surface area contributed by atoms with E-state index in [1.165, 1.54) is 0 Å². The highest BCUT2D eigenvalue weighted by Crippen LogP contribution is 2.33. The van der Waals surface area contributed by atoms with Gasteiger partial charge in [0.2, 0.25) is 5.43 Å². The molecule has 3 nitrogen and oxygen atoms in total. The van der Waals surface area contributed by atoms with Gasteiger partial charge in [-0.05, 0) is 43.7 Å². The summed E-state index contributed by atoms with van der Waals surface area (Å²) in [5.41, 5.74) is 4.09. The molecule has 2 aromatic heterocycles. The van der Waals surface area contributed by atoms with E-state index in [1.54, 1.807) is 22.7 Å². The van der Waals surface area contributed by atoms with Gasteiger partial charge in [0, 0.05) is 22.3 Å². The topological polar surface area (TPSA) is 37.3 Å². The zero-order valence-electron chi connectivity index (χ0n) is 11.0. The van der Waals surface area contributed by atoms with Crippen LogP contribution in [0.15, 0.2) is 35.1 Å². The quantitative estimate of drug-likeness (QED) is 0.718. The summed E-state index contributed by atoms with van der Waals surface area (Å²) in [6.45, 7) is 3.80. The Morgan fingerprint density at radius 3 is 2.55 bits per heavy atom. The fourth-order valence-corrected chi connectivity index (χ4v) is 2.92. The van der Waals surface area contributed by atoms with Crippen molar-refractivity contribution in [2.24, 2.45) is 0 Å². The van der Waals surface area contributed by atoms with Gasteiger partial charge in [0.25, 0.3) is 0 Å². The molecule has 3 aromatic rings. The first-order valence-electron chi connectivity index (χ1n) is 6.15. The number of aryl methyl sites for hydroxylation is 2. The van der Waals surface area contributed by atoms with E-state index < -0.39 is 0 Å². The number of aromatic nitrogens is 2. The second-order valence-corrected chi connectivity index (χ2v) is 5.67. The molecule has 3 rings (SSSR count). The Bertz CT molecular complexity index is 877. The molecular weight excluding hydrogens is 295 g/mol. The predicted molar refractivity (Wildman–Crippen MR) is 82.9 cm³/mol. The fourth-order valence-electron chi connectivity index (χ4n) is 2.43. The number of hydrogen-bond donors (Lipinski definition) is 1. The number of hydrogen-bond acceptors (Lipinski definition) is 1. The van der Waals surface area contributed by atoms with Crippen molar-refractivity contribution in [2.75, 3.05) is 0 Å². The number of nitrogens with zero attached hydrogens (tertiary/aromatic N) is 1. The number of halogens is 2. The summed E-state index contributed by atoms with van der Waals surface area (Å²) in [5.74, 6) is 0. The summed E-state index contributed by atoms with van der Waals surface area (Å²) < 4.78 is 1.78. The molecule has 0 bridgehead atoms. The Balaban J connectivity index is 2.42. The van der Waals surface area contributed by atoms with Crippen LogP contribution in [0.25, 0.3) is 16.8 Å². The summed E-state index contributed by atoms with van der Waals surface area (Å²) in [6.07, 6.45) is 0. The fraction of sp³-hybridized carbons (Fsp3) is 0.133. The van der Waals surface area contributed by atoms with Gasteiger partial charge in [-0.2, -0.15) is 0 Å². The van der Waals surface area contributed by atoms with Crippen molar-refractivity contribution in [1.82, 2.24) is 9.61 Å². The van der Waals surface area contributed by atoms with Crippen LogP contribution in [0.3, 0.4) is 0 Å². The highest BCUT2D eigenvalue weighted by molar-refractivity contribution is 6.36. The lowest BCUT2D eigenvalue weighted by molar-refractivity contribution is 0.904. The van der Waals surface area contributed by atoms with Gasteiger partial charge in [-0.15, -0.1) is 0 Å². The van der Waals surface area contributed by atoms with Crippen LogP contribution in [0.5, 0.6) is 0 Å². The molecule has 0 aliphatic carbocycles. The number of benzene rings is 1. The summed E-state index contributed by atoms with van der Waals surface area (Å²) in [6, 6.07) is 8.79. The minimum absolute atomic E-state index is 0.0133. The number of rotatable bonds is 1. The van der Waals surface area contributed by atoms with E-state index in [-0.39, 0.29) is 5.43 Å².